The van der Waals surface area contributed by atoms with Crippen LogP contribution in [0.5, 0.6) is 0 Å². The number of rotatable bonds is 3. The molecule has 0 aliphatic carbocycles. The van der Waals surface area contributed by atoms with Gasteiger partial charge in [-0.2, -0.15) is 0 Å². The van der Waals surface area contributed by atoms with Gasteiger partial charge in [0, 0.05) is 17.3 Å². The Morgan fingerprint density at radius 2 is 2.10 bits per heavy atom. The molecule has 0 saturated heterocycles. The van der Waals surface area contributed by atoms with E-state index in [0.29, 0.717) is 16.7 Å². The van der Waals surface area contributed by atoms with E-state index in [4.69, 9.17) is 10.3 Å². The van der Waals surface area contributed by atoms with Crippen LogP contribution in [0.2, 0.25) is 0 Å². The monoisotopic (exact) mass is 271 g/mol. The maximum atomic E-state index is 13.2. The topological polar surface area (TPSA) is 64.1 Å². The molecule has 0 aliphatic heterocycles. The van der Waals surface area contributed by atoms with Gasteiger partial charge in [-0.3, -0.25) is 10.8 Å². The maximum absolute atomic E-state index is 13.2. The number of fused-ring (bicyclic) bond motifs is 1. The molecular weight excluding hydrogens is 257 g/mol. The van der Waals surface area contributed by atoms with E-state index in [1.165, 1.54) is 12.1 Å². The molecule has 3 N–H and O–H groups in total. The van der Waals surface area contributed by atoms with Gasteiger partial charge in [0.15, 0.2) is 0 Å². The average Bonchev–Trinajstić information content (AvgIpc) is 2.82. The Hall–Kier alpha value is -2.24. The van der Waals surface area contributed by atoms with E-state index in [0.717, 1.165) is 11.3 Å². The van der Waals surface area contributed by atoms with Gasteiger partial charge in [-0.05, 0) is 48.9 Å². The van der Waals surface area contributed by atoms with Crippen LogP contribution in [0.25, 0.3) is 11.0 Å². The van der Waals surface area contributed by atoms with Gasteiger partial charge in [-0.25, -0.2) is 9.82 Å². The average molecular weight is 271 g/mol. The van der Waals surface area contributed by atoms with Gasteiger partial charge in [0.05, 0.1) is 0 Å². The van der Waals surface area contributed by atoms with Crippen LogP contribution < -0.4 is 11.3 Å². The summed E-state index contributed by atoms with van der Waals surface area (Å²) in [6.45, 7) is 1.91. The number of pyridine rings is 1. The third-order valence-corrected chi connectivity index (χ3v) is 3.20. The predicted octanol–water partition coefficient (Wildman–Crippen LogP) is 2.83. The summed E-state index contributed by atoms with van der Waals surface area (Å²) in [5.41, 5.74) is 5.19. The lowest BCUT2D eigenvalue weighted by atomic mass is 10.1. The molecule has 2 heterocycles. The Morgan fingerprint density at radius 3 is 2.85 bits per heavy atom. The summed E-state index contributed by atoms with van der Waals surface area (Å²) in [5.74, 6) is 5.98. The highest BCUT2D eigenvalue weighted by Crippen LogP contribution is 2.28. The SMILES string of the molecule is Cc1cc(C(NN)c2cc3cc(F)ccc3o2)ccn1. The molecule has 3 aromatic rings. The van der Waals surface area contributed by atoms with Gasteiger partial charge in [-0.1, -0.05) is 0 Å². The van der Waals surface area contributed by atoms with Gasteiger partial charge in [0.2, 0.25) is 0 Å². The van der Waals surface area contributed by atoms with Crippen molar-refractivity contribution in [3.05, 3.63) is 65.4 Å². The van der Waals surface area contributed by atoms with E-state index in [2.05, 4.69) is 10.4 Å². The van der Waals surface area contributed by atoms with E-state index in [9.17, 15) is 4.39 Å². The molecule has 0 radical (unpaired) electrons. The molecule has 4 nitrogen and oxygen atoms in total. The minimum absolute atomic E-state index is 0.290. The van der Waals surface area contributed by atoms with E-state index in [-0.39, 0.29) is 11.9 Å². The van der Waals surface area contributed by atoms with Crippen molar-refractivity contribution >= 4 is 11.0 Å². The number of nitrogens with zero attached hydrogens (tertiary/aromatic N) is 1. The summed E-state index contributed by atoms with van der Waals surface area (Å²) in [7, 11) is 0. The van der Waals surface area contributed by atoms with Crippen LogP contribution in [0.3, 0.4) is 0 Å². The molecule has 1 aromatic carbocycles. The zero-order valence-corrected chi connectivity index (χ0v) is 10.9. The number of nitrogens with two attached hydrogens (primary N) is 1. The fourth-order valence-electron chi connectivity index (χ4n) is 2.27. The van der Waals surface area contributed by atoms with Crippen molar-refractivity contribution in [2.75, 3.05) is 0 Å². The number of benzene rings is 1. The van der Waals surface area contributed by atoms with Crippen LogP contribution in [0.1, 0.15) is 23.1 Å². The molecule has 0 fully saturated rings. The van der Waals surface area contributed by atoms with Crippen LogP contribution in [0.15, 0.2) is 47.0 Å². The Kier molecular flexibility index (Phi) is 3.22. The highest BCUT2D eigenvalue weighted by Gasteiger charge is 2.17. The standard InChI is InChI=1S/C15H14FN3O/c1-9-6-10(4-5-18-9)15(19-17)14-8-11-7-12(16)2-3-13(11)20-14/h2-8,15,19H,17H2,1H3. The third-order valence-electron chi connectivity index (χ3n) is 3.20. The van der Waals surface area contributed by atoms with E-state index < -0.39 is 0 Å². The number of aryl methyl sites for hydroxylation is 1. The minimum atomic E-state index is -0.299. The minimum Gasteiger partial charge on any atom is -0.459 e. The number of hydrazine groups is 1. The first-order valence-corrected chi connectivity index (χ1v) is 6.25. The van der Waals surface area contributed by atoms with Crippen LogP contribution in [0, 0.1) is 12.7 Å². The van der Waals surface area contributed by atoms with Gasteiger partial charge < -0.3 is 4.42 Å². The van der Waals surface area contributed by atoms with Crippen molar-refractivity contribution < 1.29 is 8.81 Å². The third kappa shape index (κ3) is 2.29. The van der Waals surface area contributed by atoms with Gasteiger partial charge in [0.25, 0.3) is 0 Å². The molecule has 2 aromatic heterocycles. The summed E-state index contributed by atoms with van der Waals surface area (Å²) in [5, 5.41) is 0.714. The summed E-state index contributed by atoms with van der Waals surface area (Å²) in [4.78, 5) is 4.16. The van der Waals surface area contributed by atoms with Crippen molar-refractivity contribution in [3.63, 3.8) is 0 Å². The van der Waals surface area contributed by atoms with Crippen molar-refractivity contribution in [2.24, 2.45) is 5.84 Å². The summed E-state index contributed by atoms with van der Waals surface area (Å²) < 4.78 is 19.0. The number of furan rings is 1. The zero-order valence-electron chi connectivity index (χ0n) is 10.9. The number of nitrogens with one attached hydrogen (secondary N) is 1. The fourth-order valence-corrected chi connectivity index (χ4v) is 2.27. The lowest BCUT2D eigenvalue weighted by Crippen LogP contribution is -2.28. The Bertz CT molecular complexity index is 754. The van der Waals surface area contributed by atoms with Gasteiger partial charge in [-0.15, -0.1) is 0 Å². The predicted molar refractivity (Wildman–Crippen MR) is 74.3 cm³/mol. The highest BCUT2D eigenvalue weighted by molar-refractivity contribution is 5.78. The Labute approximate surface area is 115 Å². The fraction of sp³-hybridized carbons (Fsp3) is 0.133. The summed E-state index contributed by atoms with van der Waals surface area (Å²) in [6, 6.07) is 9.71. The maximum Gasteiger partial charge on any atom is 0.134 e. The van der Waals surface area contributed by atoms with Crippen LogP contribution >= 0.6 is 0 Å². The second-order valence-corrected chi connectivity index (χ2v) is 4.66. The lowest BCUT2D eigenvalue weighted by Gasteiger charge is -2.13. The summed E-state index contributed by atoms with van der Waals surface area (Å²) in [6.07, 6.45) is 1.72. The lowest BCUT2D eigenvalue weighted by molar-refractivity contribution is 0.476. The molecule has 1 atom stereocenters. The second-order valence-electron chi connectivity index (χ2n) is 4.66. The van der Waals surface area contributed by atoms with E-state index in [1.807, 2.05) is 19.1 Å². The molecule has 0 aliphatic rings. The van der Waals surface area contributed by atoms with Gasteiger partial charge in [0.1, 0.15) is 23.2 Å². The number of aromatic nitrogens is 1. The Balaban J connectivity index is 2.07. The normalized spacial score (nSPS) is 12.8. The molecule has 5 heteroatoms. The first kappa shape index (κ1) is 12.8. The number of hydrogen-bond donors (Lipinski definition) is 2. The summed E-state index contributed by atoms with van der Waals surface area (Å²) >= 11 is 0. The number of hydrogen-bond acceptors (Lipinski definition) is 4. The first-order valence-electron chi connectivity index (χ1n) is 6.25. The highest BCUT2D eigenvalue weighted by atomic mass is 19.1. The van der Waals surface area contributed by atoms with E-state index >= 15 is 0 Å². The largest absolute Gasteiger partial charge is 0.459 e. The first-order chi connectivity index (χ1) is 9.67. The van der Waals surface area contributed by atoms with Gasteiger partial charge >= 0.3 is 0 Å². The van der Waals surface area contributed by atoms with E-state index in [1.54, 1.807) is 18.3 Å². The molecular formula is C15H14FN3O. The molecule has 20 heavy (non-hydrogen) atoms. The smallest absolute Gasteiger partial charge is 0.134 e. The number of halogens is 1. The molecule has 102 valence electrons. The molecule has 0 spiro atoms. The van der Waals surface area contributed by atoms with Crippen LogP contribution in [0.4, 0.5) is 4.39 Å². The van der Waals surface area contributed by atoms with Crippen LogP contribution in [-0.2, 0) is 0 Å². The zero-order chi connectivity index (χ0) is 14.1. The quantitative estimate of drug-likeness (QED) is 0.568. The van der Waals surface area contributed by atoms with Crippen molar-refractivity contribution in [3.8, 4) is 0 Å². The molecule has 0 bridgehead atoms. The molecule has 0 saturated carbocycles. The van der Waals surface area contributed by atoms with Crippen molar-refractivity contribution in [2.45, 2.75) is 13.0 Å². The molecule has 0 amide bonds. The van der Waals surface area contributed by atoms with Crippen LogP contribution in [-0.4, -0.2) is 4.98 Å². The Morgan fingerprint density at radius 1 is 1.25 bits per heavy atom. The molecule has 1 unspecified atom stereocenters. The second kappa shape index (κ2) is 5.03. The van der Waals surface area contributed by atoms with Crippen molar-refractivity contribution in [1.29, 1.82) is 0 Å². The molecule has 3 rings (SSSR count). The van der Waals surface area contributed by atoms with Crippen molar-refractivity contribution in [1.82, 2.24) is 10.4 Å².